The van der Waals surface area contributed by atoms with Crippen molar-refractivity contribution in [3.05, 3.63) is 75.9 Å². The van der Waals surface area contributed by atoms with E-state index in [-0.39, 0.29) is 84.2 Å². The topological polar surface area (TPSA) is 37.3 Å². The van der Waals surface area contributed by atoms with Crippen molar-refractivity contribution in [2.75, 3.05) is 0 Å². The van der Waals surface area contributed by atoms with Crippen LogP contribution >= 0.6 is 0 Å². The Labute approximate surface area is 215 Å². The summed E-state index contributed by atoms with van der Waals surface area (Å²) in [5.41, 5.74) is -10.0. The van der Waals surface area contributed by atoms with E-state index in [0.717, 1.165) is 0 Å². The van der Waals surface area contributed by atoms with E-state index in [1.807, 2.05) is 0 Å². The third-order valence-corrected chi connectivity index (χ3v) is 4.02. The van der Waals surface area contributed by atoms with Crippen molar-refractivity contribution >= 4 is 11.5 Å². The summed E-state index contributed by atoms with van der Waals surface area (Å²) in [4.78, 5) is 12.1. The summed E-state index contributed by atoms with van der Waals surface area (Å²) in [5, 5.41) is 9.85. The number of carbonyl (C=O) groups excluding carboxylic acids is 1. The molecule has 0 bridgehead atoms. The Kier molecular flexibility index (Phi) is 8.93. The van der Waals surface area contributed by atoms with Crippen LogP contribution in [0.25, 0.3) is 5.76 Å². The Bertz CT molecular complexity index is 1030. The number of allylic oxidation sites excluding steroid dienone is 1. The van der Waals surface area contributed by atoms with Crippen LogP contribution in [0.2, 0.25) is 0 Å². The van der Waals surface area contributed by atoms with Crippen molar-refractivity contribution in [1.82, 2.24) is 0 Å². The number of rotatable bonds is 3. The minimum Gasteiger partial charge on any atom is -0.507 e. The molecular weight excluding hydrogens is 628 g/mol. The molecule has 2 nitrogen and oxygen atoms in total. The zero-order chi connectivity index (χ0) is 25.6. The molecule has 0 aliphatic heterocycles. The first-order valence-corrected chi connectivity index (χ1v) is 8.24. The van der Waals surface area contributed by atoms with E-state index in [1.165, 1.54) is 0 Å². The average molecular weight is 636 g/mol. The SMILES string of the molecule is O=C(/C=C(\O)c1cc(C(F)(F)F)cc(C(F)(F)F)c1)c1cc(C(F)(F)F)cc(C(F)(F)F)c1.[Ce]. The summed E-state index contributed by atoms with van der Waals surface area (Å²) in [5.74, 6) is -3.29. The molecule has 0 amide bonds. The molecule has 0 fully saturated rings. The monoisotopic (exact) mass is 636 g/mol. The molecule has 0 spiro atoms. The van der Waals surface area contributed by atoms with Crippen LogP contribution in [0.4, 0.5) is 52.7 Å². The molecular formula is C19H8CeF12O2. The van der Waals surface area contributed by atoms with Gasteiger partial charge < -0.3 is 5.11 Å². The standard InChI is InChI=1S/C19H8F12O2.Ce/c20-16(21,22)10-1-8(2-11(5-10)17(23,24)25)14(32)7-15(33)9-3-12(18(26,27)28)6-13(4-9)19(29,30)31;/h1-7,32H;/b14-7-;. The molecule has 0 radical (unpaired) electrons. The van der Waals surface area contributed by atoms with Gasteiger partial charge in [0.25, 0.3) is 0 Å². The smallest absolute Gasteiger partial charge is 0.416 e. The van der Waals surface area contributed by atoms with Crippen molar-refractivity contribution in [3.63, 3.8) is 0 Å². The number of aliphatic hydroxyl groups is 1. The van der Waals surface area contributed by atoms with Crippen LogP contribution in [0, 0.1) is 41.7 Å². The summed E-state index contributed by atoms with van der Waals surface area (Å²) in [6.45, 7) is 0. The molecule has 0 aliphatic rings. The van der Waals surface area contributed by atoms with Crippen molar-refractivity contribution < 1.29 is 104 Å². The molecule has 0 unspecified atom stereocenters. The number of benzene rings is 2. The second-order valence-corrected chi connectivity index (χ2v) is 6.48. The van der Waals surface area contributed by atoms with Crippen LogP contribution in [0.15, 0.2) is 42.5 Å². The van der Waals surface area contributed by atoms with Gasteiger partial charge in [-0.05, 0) is 36.4 Å². The van der Waals surface area contributed by atoms with E-state index >= 15 is 0 Å². The van der Waals surface area contributed by atoms with Gasteiger partial charge in [-0.1, -0.05) is 0 Å². The minimum absolute atomic E-state index is 0. The van der Waals surface area contributed by atoms with Crippen LogP contribution in [-0.2, 0) is 24.7 Å². The maximum Gasteiger partial charge on any atom is 0.416 e. The Balaban J connectivity index is 0.00000578. The number of hydrogen-bond donors (Lipinski definition) is 1. The van der Waals surface area contributed by atoms with Crippen LogP contribution in [0.1, 0.15) is 38.2 Å². The van der Waals surface area contributed by atoms with E-state index in [0.29, 0.717) is 0 Å². The number of carbonyl (C=O) groups is 1. The maximum absolute atomic E-state index is 12.9. The van der Waals surface area contributed by atoms with Gasteiger partial charge in [-0.15, -0.1) is 0 Å². The fraction of sp³-hybridized carbons (Fsp3) is 0.211. The fourth-order valence-electron chi connectivity index (χ4n) is 2.49. The van der Waals surface area contributed by atoms with Crippen LogP contribution in [-0.4, -0.2) is 10.9 Å². The van der Waals surface area contributed by atoms with E-state index in [1.54, 1.807) is 0 Å². The Morgan fingerprint density at radius 1 is 0.559 bits per heavy atom. The van der Waals surface area contributed by atoms with Gasteiger partial charge in [0, 0.05) is 59.0 Å². The van der Waals surface area contributed by atoms with E-state index in [2.05, 4.69) is 0 Å². The zero-order valence-electron chi connectivity index (χ0n) is 15.9. The third-order valence-electron chi connectivity index (χ3n) is 4.02. The van der Waals surface area contributed by atoms with Gasteiger partial charge in [0.2, 0.25) is 0 Å². The van der Waals surface area contributed by atoms with Crippen LogP contribution < -0.4 is 0 Å². The molecule has 2 aromatic rings. The zero-order valence-corrected chi connectivity index (χ0v) is 19.1. The third kappa shape index (κ3) is 7.60. The Hall–Kier alpha value is -1.81. The van der Waals surface area contributed by atoms with Gasteiger partial charge >= 0.3 is 24.7 Å². The minimum atomic E-state index is -5.33. The fourth-order valence-corrected chi connectivity index (χ4v) is 2.49. The molecule has 34 heavy (non-hydrogen) atoms. The maximum atomic E-state index is 12.9. The largest absolute Gasteiger partial charge is 0.507 e. The van der Waals surface area contributed by atoms with E-state index in [4.69, 9.17) is 0 Å². The van der Waals surface area contributed by atoms with Crippen molar-refractivity contribution in [3.8, 4) is 0 Å². The van der Waals surface area contributed by atoms with Crippen LogP contribution in [0.5, 0.6) is 0 Å². The van der Waals surface area contributed by atoms with Crippen LogP contribution in [0.3, 0.4) is 0 Å². The van der Waals surface area contributed by atoms with Gasteiger partial charge in [-0.2, -0.15) is 52.7 Å². The van der Waals surface area contributed by atoms with Gasteiger partial charge in [-0.25, -0.2) is 0 Å². The Morgan fingerprint density at radius 2 is 0.824 bits per heavy atom. The van der Waals surface area contributed by atoms with E-state index in [9.17, 15) is 62.6 Å². The summed E-state index contributed by atoms with van der Waals surface area (Å²) in [7, 11) is 0. The number of alkyl halides is 12. The molecule has 2 rings (SSSR count). The normalized spacial score (nSPS) is 13.5. The second kappa shape index (κ2) is 10.0. The summed E-state index contributed by atoms with van der Waals surface area (Å²) in [6, 6.07) is -0.601. The first-order valence-electron chi connectivity index (χ1n) is 8.24. The van der Waals surface area contributed by atoms with Gasteiger partial charge in [-0.3, -0.25) is 4.79 Å². The van der Waals surface area contributed by atoms with Crippen molar-refractivity contribution in [2.45, 2.75) is 24.7 Å². The molecule has 15 heteroatoms. The first-order chi connectivity index (χ1) is 14.7. The van der Waals surface area contributed by atoms with Gasteiger partial charge in [0.1, 0.15) is 5.76 Å². The van der Waals surface area contributed by atoms with Crippen molar-refractivity contribution in [2.24, 2.45) is 0 Å². The molecule has 2 aromatic carbocycles. The molecule has 184 valence electrons. The molecule has 0 saturated carbocycles. The first kappa shape index (κ1) is 30.2. The Morgan fingerprint density at radius 3 is 1.09 bits per heavy atom. The average Bonchev–Trinajstić information content (AvgIpc) is 2.64. The van der Waals surface area contributed by atoms with Gasteiger partial charge in [0.05, 0.1) is 22.3 Å². The summed E-state index contributed by atoms with van der Waals surface area (Å²) >= 11 is 0. The quantitative estimate of drug-likeness (QED) is 0.164. The van der Waals surface area contributed by atoms with E-state index < -0.39 is 69.6 Å². The number of aliphatic hydroxyl groups excluding tert-OH is 1. The predicted octanol–water partition coefficient (Wildman–Crippen LogP) is 7.54. The molecule has 0 atom stereocenters. The molecule has 1 N–H and O–H groups in total. The number of hydrogen-bond acceptors (Lipinski definition) is 2. The summed E-state index contributed by atoms with van der Waals surface area (Å²) < 4.78 is 155. The molecule has 0 heterocycles. The molecule has 0 saturated heterocycles. The predicted molar refractivity (Wildman–Crippen MR) is 87.8 cm³/mol. The molecule has 0 aromatic heterocycles. The summed E-state index contributed by atoms with van der Waals surface area (Å²) in [6.07, 6.45) is -21.4. The number of halogens is 12. The second-order valence-electron chi connectivity index (χ2n) is 6.48. The molecule has 0 aliphatic carbocycles. The van der Waals surface area contributed by atoms with Gasteiger partial charge in [0.15, 0.2) is 5.78 Å². The number of ketones is 1. The van der Waals surface area contributed by atoms with Crippen molar-refractivity contribution in [1.29, 1.82) is 0 Å².